The average molecular weight is 282 g/mol. The van der Waals surface area contributed by atoms with E-state index in [0.717, 1.165) is 22.2 Å². The second-order valence-electron chi connectivity index (χ2n) is 5.03. The summed E-state index contributed by atoms with van der Waals surface area (Å²) in [6.07, 6.45) is 0. The summed E-state index contributed by atoms with van der Waals surface area (Å²) < 4.78 is 41.3. The number of benzene rings is 4. The van der Waals surface area contributed by atoms with E-state index in [1.165, 1.54) is 0 Å². The molecule has 0 spiro atoms. The third-order valence-electron chi connectivity index (χ3n) is 3.85. The maximum atomic E-state index is 14.3. The molecule has 3 heteroatoms. The van der Waals surface area contributed by atoms with Gasteiger partial charge in [0.1, 0.15) is 0 Å². The van der Waals surface area contributed by atoms with Gasteiger partial charge in [-0.3, -0.25) is 0 Å². The van der Waals surface area contributed by atoms with Crippen LogP contribution in [0.15, 0.2) is 54.6 Å². The molecule has 0 nitrogen and oxygen atoms in total. The van der Waals surface area contributed by atoms with Gasteiger partial charge < -0.3 is 0 Å². The predicted octanol–water partition coefficient (Wildman–Crippen LogP) is 5.56. The summed E-state index contributed by atoms with van der Waals surface area (Å²) in [6, 6.07) is 15.7. The molecular weight excluding hydrogens is 273 g/mol. The Labute approximate surface area is 118 Å². The smallest absolute Gasteiger partial charge is 0.195 e. The number of rotatable bonds is 0. The molecule has 0 amide bonds. The third kappa shape index (κ3) is 1.64. The van der Waals surface area contributed by atoms with Crippen molar-refractivity contribution in [3.05, 3.63) is 72.0 Å². The van der Waals surface area contributed by atoms with Crippen molar-refractivity contribution in [2.45, 2.75) is 0 Å². The standard InChI is InChI=1S/C18H9F3/c19-14-9-12-8-7-11-6-5-10-3-1-2-4-13(10)15(11)16(12)18(21)17(14)20/h1-9H. The van der Waals surface area contributed by atoms with Crippen LogP contribution in [0.25, 0.3) is 32.3 Å². The highest BCUT2D eigenvalue weighted by Crippen LogP contribution is 2.34. The van der Waals surface area contributed by atoms with E-state index in [1.54, 1.807) is 12.1 Å². The van der Waals surface area contributed by atoms with Crippen molar-refractivity contribution in [1.29, 1.82) is 0 Å². The second-order valence-corrected chi connectivity index (χ2v) is 5.03. The molecule has 0 aliphatic heterocycles. The fourth-order valence-electron chi connectivity index (χ4n) is 2.88. The first-order valence-electron chi connectivity index (χ1n) is 6.54. The fourth-order valence-corrected chi connectivity index (χ4v) is 2.88. The molecule has 0 unspecified atom stereocenters. The Bertz CT molecular complexity index is 1020. The zero-order valence-electron chi connectivity index (χ0n) is 10.8. The summed E-state index contributed by atoms with van der Waals surface area (Å²) in [4.78, 5) is 0. The summed E-state index contributed by atoms with van der Waals surface area (Å²) in [5, 5.41) is 3.65. The van der Waals surface area contributed by atoms with Gasteiger partial charge in [-0.05, 0) is 27.6 Å². The lowest BCUT2D eigenvalue weighted by Gasteiger charge is -2.09. The molecular formula is C18H9F3. The van der Waals surface area contributed by atoms with E-state index in [0.29, 0.717) is 10.8 Å². The third-order valence-corrected chi connectivity index (χ3v) is 3.85. The summed E-state index contributed by atoms with van der Waals surface area (Å²) in [5.41, 5.74) is 0. The summed E-state index contributed by atoms with van der Waals surface area (Å²) in [6.45, 7) is 0. The van der Waals surface area contributed by atoms with Crippen LogP contribution in [0, 0.1) is 17.5 Å². The average Bonchev–Trinajstić information content (AvgIpc) is 2.52. The van der Waals surface area contributed by atoms with Crippen LogP contribution in [0.1, 0.15) is 0 Å². The molecule has 4 rings (SSSR count). The summed E-state index contributed by atoms with van der Waals surface area (Å²) in [7, 11) is 0. The Kier molecular flexibility index (Phi) is 2.45. The molecule has 0 heterocycles. The Morgan fingerprint density at radius 1 is 0.571 bits per heavy atom. The Morgan fingerprint density at radius 2 is 1.24 bits per heavy atom. The number of hydrogen-bond donors (Lipinski definition) is 0. The minimum Gasteiger partial charge on any atom is -0.204 e. The van der Waals surface area contributed by atoms with E-state index in [1.807, 2.05) is 36.4 Å². The van der Waals surface area contributed by atoms with Gasteiger partial charge in [0.15, 0.2) is 17.5 Å². The second kappa shape index (κ2) is 4.22. The van der Waals surface area contributed by atoms with Gasteiger partial charge in [-0.1, -0.05) is 48.5 Å². The molecule has 0 aromatic heterocycles. The van der Waals surface area contributed by atoms with Gasteiger partial charge in [0.05, 0.1) is 0 Å². The molecule has 0 atom stereocenters. The van der Waals surface area contributed by atoms with Crippen LogP contribution in [0.5, 0.6) is 0 Å². The molecule has 0 saturated heterocycles. The minimum atomic E-state index is -1.43. The quantitative estimate of drug-likeness (QED) is 0.292. The lowest BCUT2D eigenvalue weighted by atomic mass is 9.96. The zero-order valence-corrected chi connectivity index (χ0v) is 10.8. The molecule has 0 radical (unpaired) electrons. The lowest BCUT2D eigenvalue weighted by Crippen LogP contribution is -1.93. The fraction of sp³-hybridized carbons (Fsp3) is 0. The lowest BCUT2D eigenvalue weighted by molar-refractivity contribution is 0.454. The summed E-state index contributed by atoms with van der Waals surface area (Å²) in [5.74, 6) is -3.73. The van der Waals surface area contributed by atoms with Crippen LogP contribution in [-0.2, 0) is 0 Å². The van der Waals surface area contributed by atoms with Crippen molar-refractivity contribution in [1.82, 2.24) is 0 Å². The molecule has 0 saturated carbocycles. The van der Waals surface area contributed by atoms with Crippen molar-refractivity contribution < 1.29 is 13.2 Å². The normalized spacial score (nSPS) is 11.6. The van der Waals surface area contributed by atoms with E-state index in [9.17, 15) is 13.2 Å². The number of fused-ring (bicyclic) bond motifs is 5. The number of halogens is 3. The van der Waals surface area contributed by atoms with Crippen LogP contribution < -0.4 is 0 Å². The maximum Gasteiger partial charge on any atom is 0.195 e. The maximum absolute atomic E-state index is 14.3. The number of hydrogen-bond acceptors (Lipinski definition) is 0. The molecule has 0 bridgehead atoms. The van der Waals surface area contributed by atoms with Crippen molar-refractivity contribution in [3.63, 3.8) is 0 Å². The van der Waals surface area contributed by atoms with E-state index in [2.05, 4.69) is 0 Å². The first-order valence-corrected chi connectivity index (χ1v) is 6.54. The van der Waals surface area contributed by atoms with Gasteiger partial charge >= 0.3 is 0 Å². The van der Waals surface area contributed by atoms with Crippen LogP contribution in [-0.4, -0.2) is 0 Å². The van der Waals surface area contributed by atoms with Crippen molar-refractivity contribution >= 4 is 32.3 Å². The molecule has 102 valence electrons. The van der Waals surface area contributed by atoms with Gasteiger partial charge in [-0.2, -0.15) is 0 Å². The highest BCUT2D eigenvalue weighted by Gasteiger charge is 2.16. The van der Waals surface area contributed by atoms with Crippen molar-refractivity contribution in [2.75, 3.05) is 0 Å². The molecule has 4 aromatic rings. The van der Waals surface area contributed by atoms with E-state index < -0.39 is 17.5 Å². The first-order chi connectivity index (χ1) is 10.2. The molecule has 0 N–H and O–H groups in total. The SMILES string of the molecule is Fc1cc2ccc3ccc4ccccc4c3c2c(F)c1F. The monoisotopic (exact) mass is 282 g/mol. The topological polar surface area (TPSA) is 0 Å². The summed E-state index contributed by atoms with van der Waals surface area (Å²) >= 11 is 0. The molecule has 21 heavy (non-hydrogen) atoms. The van der Waals surface area contributed by atoms with Crippen molar-refractivity contribution in [2.24, 2.45) is 0 Å². The largest absolute Gasteiger partial charge is 0.204 e. The highest BCUT2D eigenvalue weighted by molar-refractivity contribution is 6.20. The first kappa shape index (κ1) is 12.2. The van der Waals surface area contributed by atoms with Gasteiger partial charge in [0, 0.05) is 10.8 Å². The van der Waals surface area contributed by atoms with Gasteiger partial charge in [0.2, 0.25) is 0 Å². The van der Waals surface area contributed by atoms with Crippen molar-refractivity contribution in [3.8, 4) is 0 Å². The van der Waals surface area contributed by atoms with Gasteiger partial charge in [0.25, 0.3) is 0 Å². The minimum absolute atomic E-state index is 0.128. The van der Waals surface area contributed by atoms with E-state index >= 15 is 0 Å². The van der Waals surface area contributed by atoms with Gasteiger partial charge in [-0.25, -0.2) is 13.2 Å². The highest BCUT2D eigenvalue weighted by atomic mass is 19.2. The van der Waals surface area contributed by atoms with E-state index in [-0.39, 0.29) is 5.39 Å². The Hall–Kier alpha value is -2.55. The van der Waals surface area contributed by atoms with Crippen LogP contribution in [0.4, 0.5) is 13.2 Å². The van der Waals surface area contributed by atoms with Crippen LogP contribution in [0.2, 0.25) is 0 Å². The van der Waals surface area contributed by atoms with Gasteiger partial charge in [-0.15, -0.1) is 0 Å². The Morgan fingerprint density at radius 3 is 2.05 bits per heavy atom. The Balaban J connectivity index is 2.38. The van der Waals surface area contributed by atoms with Crippen LogP contribution in [0.3, 0.4) is 0 Å². The van der Waals surface area contributed by atoms with E-state index in [4.69, 9.17) is 0 Å². The molecule has 0 aliphatic rings. The zero-order chi connectivity index (χ0) is 14.6. The van der Waals surface area contributed by atoms with Crippen LogP contribution >= 0.6 is 0 Å². The predicted molar refractivity (Wildman–Crippen MR) is 78.8 cm³/mol. The molecule has 0 fully saturated rings. The molecule has 0 aliphatic carbocycles. The molecule has 4 aromatic carbocycles.